The van der Waals surface area contributed by atoms with Crippen LogP contribution in [-0.4, -0.2) is 39.8 Å². The lowest BCUT2D eigenvalue weighted by atomic mass is 10.2. The van der Waals surface area contributed by atoms with E-state index in [1.165, 1.54) is 16.8 Å². The van der Waals surface area contributed by atoms with Crippen LogP contribution in [0.15, 0.2) is 55.9 Å². The van der Waals surface area contributed by atoms with E-state index >= 15 is 0 Å². The Hall–Kier alpha value is -3.39. The van der Waals surface area contributed by atoms with E-state index < -0.39 is 71.8 Å². The van der Waals surface area contributed by atoms with Crippen LogP contribution >= 0.6 is 11.6 Å². The average molecular weight is 550 g/mol. The number of hydrogen-bond donors (Lipinski definition) is 2. The summed E-state index contributed by atoms with van der Waals surface area (Å²) >= 11 is 5.96. The van der Waals surface area contributed by atoms with Gasteiger partial charge in [0.05, 0.1) is 31.2 Å². The van der Waals surface area contributed by atoms with Crippen molar-refractivity contribution in [3.05, 3.63) is 68.2 Å². The summed E-state index contributed by atoms with van der Waals surface area (Å²) in [5.41, 5.74) is -3.24. The third-order valence-corrected chi connectivity index (χ3v) is 8.34. The minimum Gasteiger partial charge on any atom is -0.421 e. The molecule has 0 atom stereocenters. The molecule has 15 heteroatoms. The third kappa shape index (κ3) is 3.27. The van der Waals surface area contributed by atoms with Crippen molar-refractivity contribution in [2.24, 2.45) is 5.92 Å². The molecule has 1 aliphatic rings. The number of fused-ring (bicyclic) bond motifs is 2. The van der Waals surface area contributed by atoms with Gasteiger partial charge in [0.1, 0.15) is 11.7 Å². The molecule has 0 saturated heterocycles. The van der Waals surface area contributed by atoms with Crippen LogP contribution in [0.2, 0.25) is 5.02 Å². The number of aryl methyl sites for hydroxylation is 1. The highest BCUT2D eigenvalue weighted by atomic mass is 35.5. The molecule has 8 nitrogen and oxygen atoms in total. The highest BCUT2D eigenvalue weighted by molar-refractivity contribution is 7.91. The Morgan fingerprint density at radius 2 is 1.75 bits per heavy atom. The SMILES string of the molecule is O=c1[nH]c2c(S(=O)(=O)c3cc(F)c4ccn(CCC5C(F)(F)C5(F)F)c4c3)ccc(Cl)c2c(=O)n1O. The molecule has 0 amide bonds. The maximum Gasteiger partial charge on any atom is 0.362 e. The van der Waals surface area contributed by atoms with Gasteiger partial charge in [-0.3, -0.25) is 4.79 Å². The lowest BCUT2D eigenvalue weighted by Gasteiger charge is -2.11. The maximum atomic E-state index is 14.8. The van der Waals surface area contributed by atoms with Gasteiger partial charge in [-0.2, -0.15) is 17.6 Å². The molecule has 2 aromatic heterocycles. The molecule has 1 aliphatic carbocycles. The second-order valence-electron chi connectivity index (χ2n) is 8.28. The van der Waals surface area contributed by atoms with E-state index in [1.807, 2.05) is 0 Å². The number of hydrogen-bond acceptors (Lipinski definition) is 5. The van der Waals surface area contributed by atoms with Crippen LogP contribution < -0.4 is 11.2 Å². The zero-order chi connectivity index (χ0) is 26.4. The first-order valence-electron chi connectivity index (χ1n) is 10.2. The second kappa shape index (κ2) is 7.56. The largest absolute Gasteiger partial charge is 0.421 e. The molecule has 2 N–H and O–H groups in total. The molecular weight excluding hydrogens is 537 g/mol. The fourth-order valence-electron chi connectivity index (χ4n) is 4.21. The molecule has 4 aromatic rings. The van der Waals surface area contributed by atoms with Crippen molar-refractivity contribution in [3.63, 3.8) is 0 Å². The van der Waals surface area contributed by atoms with Crippen molar-refractivity contribution in [2.75, 3.05) is 0 Å². The molecule has 0 bridgehead atoms. The van der Waals surface area contributed by atoms with Crippen LogP contribution in [0.5, 0.6) is 0 Å². The predicted octanol–water partition coefficient (Wildman–Crippen LogP) is 3.80. The van der Waals surface area contributed by atoms with Crippen LogP contribution in [-0.2, 0) is 16.4 Å². The van der Waals surface area contributed by atoms with Crippen molar-refractivity contribution in [2.45, 2.75) is 34.6 Å². The highest BCUT2D eigenvalue weighted by Gasteiger charge is 2.84. The number of rotatable bonds is 5. The Morgan fingerprint density at radius 3 is 2.39 bits per heavy atom. The van der Waals surface area contributed by atoms with Gasteiger partial charge in [-0.1, -0.05) is 16.3 Å². The number of aromatic nitrogens is 3. The summed E-state index contributed by atoms with van der Waals surface area (Å²) < 4.78 is 95.6. The number of H-pyrrole nitrogens is 1. The first-order valence-corrected chi connectivity index (χ1v) is 12.0. The van der Waals surface area contributed by atoms with Gasteiger partial charge in [-0.25, -0.2) is 17.6 Å². The summed E-state index contributed by atoms with van der Waals surface area (Å²) in [6, 6.07) is 4.93. The first kappa shape index (κ1) is 24.3. The minimum atomic E-state index is -4.65. The summed E-state index contributed by atoms with van der Waals surface area (Å²) in [4.78, 5) is 25.0. The number of nitrogens with zero attached hydrogens (tertiary/aromatic N) is 2. The number of sulfone groups is 1. The Bertz CT molecular complexity index is 1800. The molecule has 0 radical (unpaired) electrons. The molecule has 2 heterocycles. The topological polar surface area (TPSA) is 114 Å². The summed E-state index contributed by atoms with van der Waals surface area (Å²) in [5.74, 6) is -11.5. The van der Waals surface area contributed by atoms with E-state index in [0.717, 1.165) is 18.2 Å². The monoisotopic (exact) mass is 549 g/mol. The fourth-order valence-corrected chi connectivity index (χ4v) is 5.90. The average Bonchev–Trinajstić information content (AvgIpc) is 3.06. The smallest absolute Gasteiger partial charge is 0.362 e. The first-order chi connectivity index (χ1) is 16.7. The van der Waals surface area contributed by atoms with E-state index in [1.54, 1.807) is 0 Å². The number of benzene rings is 2. The van der Waals surface area contributed by atoms with Gasteiger partial charge in [-0.15, -0.1) is 0 Å². The van der Waals surface area contributed by atoms with E-state index in [-0.39, 0.29) is 27.2 Å². The zero-order valence-corrected chi connectivity index (χ0v) is 19.2. The second-order valence-corrected chi connectivity index (χ2v) is 10.6. The zero-order valence-electron chi connectivity index (χ0n) is 17.6. The molecule has 1 saturated carbocycles. The van der Waals surface area contributed by atoms with Crippen LogP contribution in [0.4, 0.5) is 22.0 Å². The van der Waals surface area contributed by atoms with Crippen molar-refractivity contribution in [1.29, 1.82) is 0 Å². The molecule has 5 rings (SSSR count). The van der Waals surface area contributed by atoms with Gasteiger partial charge in [0, 0.05) is 18.1 Å². The maximum absolute atomic E-state index is 14.8. The molecule has 0 spiro atoms. The molecular formula is C21H13ClF5N3O5S. The molecule has 36 heavy (non-hydrogen) atoms. The summed E-state index contributed by atoms with van der Waals surface area (Å²) in [7, 11) is -4.65. The van der Waals surface area contributed by atoms with E-state index in [0.29, 0.717) is 6.07 Å². The van der Waals surface area contributed by atoms with Gasteiger partial charge < -0.3 is 14.8 Å². The number of alkyl halides is 4. The van der Waals surface area contributed by atoms with Crippen LogP contribution in [0.3, 0.4) is 0 Å². The summed E-state index contributed by atoms with van der Waals surface area (Å²) in [6.45, 7) is -0.366. The van der Waals surface area contributed by atoms with Gasteiger partial charge in [-0.05, 0) is 36.8 Å². The van der Waals surface area contributed by atoms with E-state index in [2.05, 4.69) is 4.98 Å². The van der Waals surface area contributed by atoms with Crippen molar-refractivity contribution >= 4 is 43.2 Å². The Morgan fingerprint density at radius 1 is 1.08 bits per heavy atom. The van der Waals surface area contributed by atoms with Crippen molar-refractivity contribution < 1.29 is 35.6 Å². The molecule has 2 aromatic carbocycles. The van der Waals surface area contributed by atoms with Gasteiger partial charge in [0.2, 0.25) is 9.84 Å². The van der Waals surface area contributed by atoms with Gasteiger partial charge in [0.15, 0.2) is 0 Å². The van der Waals surface area contributed by atoms with Crippen LogP contribution in [0.1, 0.15) is 6.42 Å². The van der Waals surface area contributed by atoms with Crippen molar-refractivity contribution in [1.82, 2.24) is 14.3 Å². The summed E-state index contributed by atoms with van der Waals surface area (Å²) in [6.07, 6.45) is 0.612. The lowest BCUT2D eigenvalue weighted by molar-refractivity contribution is -0.0278. The van der Waals surface area contributed by atoms with E-state index in [4.69, 9.17) is 11.6 Å². The fraction of sp³-hybridized carbons (Fsp3) is 0.238. The van der Waals surface area contributed by atoms with Gasteiger partial charge in [0.25, 0.3) is 5.56 Å². The summed E-state index contributed by atoms with van der Waals surface area (Å²) in [5, 5.41) is 8.69. The highest BCUT2D eigenvalue weighted by Crippen LogP contribution is 2.64. The third-order valence-electron chi connectivity index (χ3n) is 6.25. The van der Waals surface area contributed by atoms with E-state index in [9.17, 15) is 45.2 Å². The number of nitrogens with one attached hydrogen (secondary N) is 1. The molecule has 190 valence electrons. The Balaban J connectivity index is 1.63. The standard InChI is InChI=1S/C21H13ClF5N3O5S/c22-11-1-2-14(17-16(11)18(31)30(33)19(32)28-17)36(34,35)9-7-12(23)10-3-5-29(13(10)8-9)6-4-15-20(24,25)21(15,26)27/h1-3,5,7-8,15,33H,4,6H2,(H,28,32). The number of aromatic amines is 1. The van der Waals surface area contributed by atoms with Crippen LogP contribution in [0, 0.1) is 11.7 Å². The minimum absolute atomic E-state index is 0.0645. The lowest BCUT2D eigenvalue weighted by Crippen LogP contribution is -2.33. The molecule has 0 aliphatic heterocycles. The Labute approximate surface area is 202 Å². The van der Waals surface area contributed by atoms with Crippen LogP contribution in [0.25, 0.3) is 21.8 Å². The molecule has 1 fully saturated rings. The Kier molecular flexibility index (Phi) is 5.10. The quantitative estimate of drug-likeness (QED) is 0.290. The molecule has 0 unspecified atom stereocenters. The van der Waals surface area contributed by atoms with Gasteiger partial charge >= 0.3 is 17.5 Å². The van der Waals surface area contributed by atoms with Crippen molar-refractivity contribution in [3.8, 4) is 0 Å². The number of halogens is 6. The normalized spacial score (nSPS) is 17.2. The predicted molar refractivity (Wildman–Crippen MR) is 116 cm³/mol.